The average Bonchev–Trinajstić information content (AvgIpc) is 3.58. The zero-order valence-corrected chi connectivity index (χ0v) is 21.9. The molecule has 2 saturated heterocycles. The molecule has 0 radical (unpaired) electrons. The van der Waals surface area contributed by atoms with Gasteiger partial charge in [0.15, 0.2) is 35.6 Å². The summed E-state index contributed by atoms with van der Waals surface area (Å²) in [5.74, 6) is -0.202. The minimum atomic E-state index is -1.80. The smallest absolute Gasteiger partial charge is 0.310 e. The number of fused-ring (bicyclic) bond motifs is 3. The predicted octanol–water partition coefficient (Wildman–Crippen LogP) is 0.191. The number of aliphatic hydroxyl groups is 4. The lowest BCUT2D eigenvalue weighted by molar-refractivity contribution is -0.352. The molecule has 1 aliphatic carbocycles. The molecule has 6 rings (SSSR count). The molecular formula is C27H30O13. The molecule has 0 spiro atoms. The fourth-order valence-corrected chi connectivity index (χ4v) is 6.05. The molecule has 216 valence electrons. The molecule has 0 aromatic heterocycles. The molecule has 3 unspecified atom stereocenters. The monoisotopic (exact) mass is 562 g/mol. The summed E-state index contributed by atoms with van der Waals surface area (Å²) >= 11 is 0. The molecule has 9 atom stereocenters. The molecular weight excluding hydrogens is 532 g/mol. The van der Waals surface area contributed by atoms with Crippen LogP contribution < -0.4 is 23.7 Å². The van der Waals surface area contributed by atoms with Crippen molar-refractivity contribution in [2.45, 2.75) is 42.9 Å². The van der Waals surface area contributed by atoms with Crippen molar-refractivity contribution in [2.24, 2.45) is 11.8 Å². The molecule has 0 saturated carbocycles. The topological polar surface area (TPSA) is 172 Å². The fourth-order valence-electron chi connectivity index (χ4n) is 6.05. The van der Waals surface area contributed by atoms with Crippen molar-refractivity contribution in [1.82, 2.24) is 0 Å². The molecule has 0 amide bonds. The Morgan fingerprint density at radius 3 is 2.08 bits per heavy atom. The lowest BCUT2D eigenvalue weighted by Crippen LogP contribution is -2.58. The first kappa shape index (κ1) is 26.9. The predicted molar refractivity (Wildman–Crippen MR) is 131 cm³/mol. The van der Waals surface area contributed by atoms with E-state index in [0.29, 0.717) is 45.4 Å². The number of esters is 1. The van der Waals surface area contributed by atoms with Crippen molar-refractivity contribution >= 4 is 5.97 Å². The van der Waals surface area contributed by atoms with Crippen LogP contribution in [-0.4, -0.2) is 92.0 Å². The highest BCUT2D eigenvalue weighted by Crippen LogP contribution is 2.57. The van der Waals surface area contributed by atoms with Crippen LogP contribution >= 0.6 is 0 Å². The number of ether oxygens (including phenoxy) is 8. The molecule has 3 aliphatic heterocycles. The summed E-state index contributed by atoms with van der Waals surface area (Å²) in [6, 6.07) is 7.05. The summed E-state index contributed by atoms with van der Waals surface area (Å²) in [7, 11) is 4.50. The number of hydrogen-bond acceptors (Lipinski definition) is 13. The van der Waals surface area contributed by atoms with E-state index in [1.807, 2.05) is 0 Å². The van der Waals surface area contributed by atoms with Crippen LogP contribution in [0.5, 0.6) is 28.7 Å². The highest BCUT2D eigenvalue weighted by atomic mass is 16.8. The number of carbonyl (C=O) groups excluding carboxylic acids is 1. The van der Waals surface area contributed by atoms with Gasteiger partial charge in [-0.1, -0.05) is 0 Å². The Morgan fingerprint density at radius 2 is 1.45 bits per heavy atom. The summed E-state index contributed by atoms with van der Waals surface area (Å²) in [6.45, 7) is 0.00768. The third-order valence-electron chi connectivity index (χ3n) is 7.99. The van der Waals surface area contributed by atoms with Crippen LogP contribution in [0.1, 0.15) is 28.7 Å². The first-order chi connectivity index (χ1) is 19.3. The lowest BCUT2D eigenvalue weighted by Gasteiger charge is -2.43. The number of rotatable bonds is 6. The number of cyclic esters (lactones) is 1. The Balaban J connectivity index is 1.49. The van der Waals surface area contributed by atoms with Gasteiger partial charge in [-0.15, -0.1) is 0 Å². The normalized spacial score (nSPS) is 34.1. The van der Waals surface area contributed by atoms with Gasteiger partial charge >= 0.3 is 5.97 Å². The maximum absolute atomic E-state index is 13.3. The second-order valence-corrected chi connectivity index (χ2v) is 10.0. The first-order valence-corrected chi connectivity index (χ1v) is 12.7. The summed E-state index contributed by atoms with van der Waals surface area (Å²) in [5.41, 5.74) is 1.95. The third kappa shape index (κ3) is 4.12. The van der Waals surface area contributed by atoms with Gasteiger partial charge < -0.3 is 58.3 Å². The summed E-state index contributed by atoms with van der Waals surface area (Å²) < 4.78 is 44.9. The van der Waals surface area contributed by atoms with E-state index < -0.39 is 60.7 Å². The van der Waals surface area contributed by atoms with Crippen molar-refractivity contribution in [3.8, 4) is 28.7 Å². The molecule has 3 heterocycles. The number of carbonyl (C=O) groups is 1. The van der Waals surface area contributed by atoms with E-state index in [9.17, 15) is 25.2 Å². The Hall–Kier alpha value is -3.33. The fraction of sp³-hybridized carbons (Fsp3) is 0.519. The van der Waals surface area contributed by atoms with Gasteiger partial charge in [0.05, 0.1) is 40.0 Å². The van der Waals surface area contributed by atoms with Gasteiger partial charge in [0.25, 0.3) is 0 Å². The van der Waals surface area contributed by atoms with Gasteiger partial charge in [-0.3, -0.25) is 4.79 Å². The maximum atomic E-state index is 13.3. The van der Waals surface area contributed by atoms with E-state index in [1.165, 1.54) is 21.3 Å². The van der Waals surface area contributed by atoms with Crippen LogP contribution in [0.4, 0.5) is 0 Å². The number of benzene rings is 2. The average molecular weight is 563 g/mol. The molecule has 4 N–H and O–H groups in total. The molecule has 2 aromatic rings. The van der Waals surface area contributed by atoms with Crippen LogP contribution in [0.3, 0.4) is 0 Å². The number of hydrogen-bond donors (Lipinski definition) is 4. The van der Waals surface area contributed by atoms with Crippen molar-refractivity contribution in [1.29, 1.82) is 0 Å². The van der Waals surface area contributed by atoms with Crippen LogP contribution in [0, 0.1) is 11.8 Å². The summed E-state index contributed by atoms with van der Waals surface area (Å²) in [5, 5.41) is 40.8. The molecule has 13 nitrogen and oxygen atoms in total. The van der Waals surface area contributed by atoms with Crippen molar-refractivity contribution < 1.29 is 63.1 Å². The van der Waals surface area contributed by atoms with E-state index in [4.69, 9.17) is 37.9 Å². The quantitative estimate of drug-likeness (QED) is 0.352. The minimum absolute atomic E-state index is 0.000476. The van der Waals surface area contributed by atoms with Crippen LogP contribution in [-0.2, 0) is 19.0 Å². The number of methoxy groups -OCH3 is 3. The first-order valence-electron chi connectivity index (χ1n) is 12.7. The Labute approximate surface area is 228 Å². The molecule has 40 heavy (non-hydrogen) atoms. The standard InChI is InChI=1S/C27H30O13/c1-33-16-4-10(5-17(34-2)24(16)35-3)18-11-6-14-15(38-9-37-14)7-12(11)23(13-8-36-25(31)19(13)18)39-27-22(30)20(28)21(29)26(32)40-27/h4-7,13,18-23,26-30,32H,8-9H2,1-3H3/t13?,18-,19?,20+,21+,22-,23-,26+,27?/m1/s1. The third-order valence-corrected chi connectivity index (χ3v) is 7.99. The van der Waals surface area contributed by atoms with E-state index >= 15 is 0 Å². The lowest BCUT2D eigenvalue weighted by atomic mass is 9.66. The second kappa shape index (κ2) is 10.3. The van der Waals surface area contributed by atoms with Gasteiger partial charge in [0, 0.05) is 11.8 Å². The van der Waals surface area contributed by atoms with Crippen molar-refractivity contribution in [2.75, 3.05) is 34.7 Å². The van der Waals surface area contributed by atoms with Crippen LogP contribution in [0.15, 0.2) is 24.3 Å². The zero-order chi connectivity index (χ0) is 28.3. The van der Waals surface area contributed by atoms with Crippen molar-refractivity contribution in [3.05, 3.63) is 41.0 Å². The Bertz CT molecular complexity index is 1270. The Morgan fingerprint density at radius 1 is 0.800 bits per heavy atom. The largest absolute Gasteiger partial charge is 0.493 e. The highest BCUT2D eigenvalue weighted by Gasteiger charge is 2.55. The zero-order valence-electron chi connectivity index (χ0n) is 21.9. The molecule has 4 aliphatic rings. The van der Waals surface area contributed by atoms with Crippen molar-refractivity contribution in [3.63, 3.8) is 0 Å². The summed E-state index contributed by atoms with van der Waals surface area (Å²) in [4.78, 5) is 13.3. The molecule has 0 bridgehead atoms. The van der Waals surface area contributed by atoms with Gasteiger partial charge in [0.2, 0.25) is 12.5 Å². The Kier molecular flexibility index (Phi) is 6.89. The molecule has 13 heteroatoms. The van der Waals surface area contributed by atoms with E-state index in [-0.39, 0.29) is 13.4 Å². The SMILES string of the molecule is COc1cc([C@@H]2c3cc4c(cc3[C@@H](OC3O[C@H](O)[C@@H](O)[C@H](O)[C@H]3O)C3COC(=O)C32)OCO4)cc(OC)c1OC. The number of aliphatic hydroxyl groups excluding tert-OH is 4. The molecule has 2 aromatic carbocycles. The van der Waals surface area contributed by atoms with Gasteiger partial charge in [-0.25, -0.2) is 0 Å². The maximum Gasteiger partial charge on any atom is 0.310 e. The van der Waals surface area contributed by atoms with Gasteiger partial charge in [-0.2, -0.15) is 0 Å². The highest BCUT2D eigenvalue weighted by molar-refractivity contribution is 5.79. The minimum Gasteiger partial charge on any atom is -0.493 e. The van der Waals surface area contributed by atoms with E-state index in [2.05, 4.69) is 0 Å². The second-order valence-electron chi connectivity index (χ2n) is 10.0. The van der Waals surface area contributed by atoms with Crippen LogP contribution in [0.2, 0.25) is 0 Å². The molecule has 2 fully saturated rings. The van der Waals surface area contributed by atoms with Crippen LogP contribution in [0.25, 0.3) is 0 Å². The van der Waals surface area contributed by atoms with Gasteiger partial charge in [-0.05, 0) is 41.0 Å². The van der Waals surface area contributed by atoms with E-state index in [0.717, 1.165) is 0 Å². The van der Waals surface area contributed by atoms with Gasteiger partial charge in [0.1, 0.15) is 18.3 Å². The summed E-state index contributed by atoms with van der Waals surface area (Å²) in [6.07, 6.45) is -9.35. The van der Waals surface area contributed by atoms with E-state index in [1.54, 1.807) is 24.3 Å².